The second-order valence-corrected chi connectivity index (χ2v) is 10.4. The van der Waals surface area contributed by atoms with Gasteiger partial charge in [-0.05, 0) is 50.2 Å². The fourth-order valence-corrected chi connectivity index (χ4v) is 5.95. The summed E-state index contributed by atoms with van der Waals surface area (Å²) in [4.78, 5) is 16.7. The molecule has 7 nitrogen and oxygen atoms in total. The Morgan fingerprint density at radius 1 is 1.30 bits per heavy atom. The minimum absolute atomic E-state index is 0.0581. The van der Waals surface area contributed by atoms with Crippen LogP contribution in [-0.4, -0.2) is 40.8 Å². The van der Waals surface area contributed by atoms with Gasteiger partial charge < -0.3 is 5.32 Å². The molecule has 2 aliphatic rings. The molecule has 2 aromatic rings. The number of carbonyl (C=O) groups is 1. The molecule has 158 valence electrons. The van der Waals surface area contributed by atoms with Crippen LogP contribution in [0.3, 0.4) is 0 Å². The van der Waals surface area contributed by atoms with E-state index in [4.69, 9.17) is 0 Å². The molecule has 0 saturated carbocycles. The third-order valence-corrected chi connectivity index (χ3v) is 7.58. The topological polar surface area (TPSA) is 93.4 Å². The van der Waals surface area contributed by atoms with Gasteiger partial charge in [-0.3, -0.25) is 9.48 Å². The molecule has 0 bridgehead atoms. The summed E-state index contributed by atoms with van der Waals surface area (Å²) in [6, 6.07) is 3.01. The lowest BCUT2D eigenvalue weighted by Gasteiger charge is -2.11. The summed E-state index contributed by atoms with van der Waals surface area (Å²) in [5, 5.41) is 6.77. The van der Waals surface area contributed by atoms with Crippen LogP contribution in [0.1, 0.15) is 29.4 Å². The molecule has 0 radical (unpaired) electrons. The van der Waals surface area contributed by atoms with E-state index < -0.39 is 21.5 Å². The maximum Gasteiger partial charge on any atom is 0.289 e. The van der Waals surface area contributed by atoms with Gasteiger partial charge in [-0.2, -0.15) is 5.10 Å². The van der Waals surface area contributed by atoms with Crippen molar-refractivity contribution in [3.63, 3.8) is 0 Å². The lowest BCUT2D eigenvalue weighted by molar-refractivity contribution is 0.265. The number of aliphatic imine (C=N–C) groups is 1. The van der Waals surface area contributed by atoms with Crippen LogP contribution in [0.2, 0.25) is 0 Å². The Morgan fingerprint density at radius 2 is 2.07 bits per heavy atom. The highest BCUT2D eigenvalue weighted by atomic mass is 32.2. The molecule has 1 unspecified atom stereocenters. The molecule has 2 saturated heterocycles. The number of nitrogens with zero attached hydrogens (tertiary/aromatic N) is 3. The summed E-state index contributed by atoms with van der Waals surface area (Å²) in [7, 11) is -3.06. The number of hydrogen-bond donors (Lipinski definition) is 1. The van der Waals surface area contributed by atoms with Crippen LogP contribution in [-0.2, 0) is 9.84 Å². The molecule has 11 heteroatoms. The molecule has 1 aromatic carbocycles. The molecule has 1 amide bonds. The molecule has 4 rings (SSSR count). The molecule has 2 aliphatic heterocycles. The van der Waals surface area contributed by atoms with E-state index in [0.29, 0.717) is 17.0 Å². The SMILES string of the molecule is Cc1nn(C2CCS(=O)(=O)C2)c(C)c1C=C1SC(=O)NC1=Nc1ccc(F)c(F)c1. The van der Waals surface area contributed by atoms with Crippen molar-refractivity contribution in [3.05, 3.63) is 51.7 Å². The Morgan fingerprint density at radius 3 is 2.73 bits per heavy atom. The normalized spacial score (nSPS) is 23.5. The van der Waals surface area contributed by atoms with Gasteiger partial charge >= 0.3 is 0 Å². The summed E-state index contributed by atoms with van der Waals surface area (Å²) in [5.41, 5.74) is 2.40. The number of carbonyl (C=O) groups excluding carboxylic acids is 1. The van der Waals surface area contributed by atoms with Gasteiger partial charge in [0, 0.05) is 17.3 Å². The van der Waals surface area contributed by atoms with Gasteiger partial charge in [0.15, 0.2) is 21.5 Å². The first kappa shape index (κ1) is 20.7. The number of thioether (sulfide) groups is 1. The van der Waals surface area contributed by atoms with Gasteiger partial charge in [0.1, 0.15) is 5.84 Å². The average molecular weight is 453 g/mol. The first-order valence-electron chi connectivity index (χ1n) is 9.14. The zero-order valence-electron chi connectivity index (χ0n) is 16.1. The zero-order valence-corrected chi connectivity index (χ0v) is 17.8. The summed E-state index contributed by atoms with van der Waals surface area (Å²) in [6.07, 6.45) is 2.26. The van der Waals surface area contributed by atoms with E-state index in [-0.39, 0.29) is 34.3 Å². The highest BCUT2D eigenvalue weighted by Crippen LogP contribution is 2.32. The molecule has 30 heavy (non-hydrogen) atoms. The minimum atomic E-state index is -3.06. The number of halogens is 2. The largest absolute Gasteiger partial charge is 0.300 e. The van der Waals surface area contributed by atoms with Crippen LogP contribution in [0.4, 0.5) is 19.3 Å². The van der Waals surface area contributed by atoms with Crippen LogP contribution in [0.25, 0.3) is 6.08 Å². The maximum atomic E-state index is 13.5. The van der Waals surface area contributed by atoms with E-state index in [1.165, 1.54) is 6.07 Å². The second-order valence-electron chi connectivity index (χ2n) is 7.17. The van der Waals surface area contributed by atoms with Crippen LogP contribution in [0.15, 0.2) is 28.1 Å². The smallest absolute Gasteiger partial charge is 0.289 e. The number of rotatable bonds is 3. The molecule has 0 spiro atoms. The maximum absolute atomic E-state index is 13.5. The molecule has 0 aliphatic carbocycles. The third kappa shape index (κ3) is 4.04. The summed E-state index contributed by atoms with van der Waals surface area (Å²) < 4.78 is 52.0. The fourth-order valence-electron chi connectivity index (χ4n) is 3.54. The number of hydrogen-bond acceptors (Lipinski definition) is 6. The van der Waals surface area contributed by atoms with E-state index in [9.17, 15) is 22.0 Å². The van der Waals surface area contributed by atoms with Gasteiger partial charge in [-0.25, -0.2) is 22.2 Å². The van der Waals surface area contributed by atoms with Crippen molar-refractivity contribution in [2.75, 3.05) is 11.5 Å². The summed E-state index contributed by atoms with van der Waals surface area (Å²) in [5.74, 6) is -1.58. The molecule has 2 fully saturated rings. The number of nitrogens with one attached hydrogen (secondary N) is 1. The standard InChI is InChI=1S/C19H18F2N4O3S2/c1-10-14(11(2)25(24-10)13-5-6-30(27,28)9-13)8-17-18(23-19(26)29-17)22-12-3-4-15(20)16(21)7-12/h3-4,7-8,13H,5-6,9H2,1-2H3,(H,22,23,26). The Kier molecular flexibility index (Phi) is 5.27. The van der Waals surface area contributed by atoms with E-state index in [0.717, 1.165) is 35.2 Å². The lowest BCUT2D eigenvalue weighted by atomic mass is 10.1. The van der Waals surface area contributed by atoms with Crippen LogP contribution in [0.5, 0.6) is 0 Å². The van der Waals surface area contributed by atoms with Gasteiger partial charge in [0.05, 0.1) is 33.8 Å². The first-order chi connectivity index (χ1) is 14.1. The number of aromatic nitrogens is 2. The Balaban J connectivity index is 1.70. The lowest BCUT2D eigenvalue weighted by Crippen LogP contribution is -2.18. The van der Waals surface area contributed by atoms with Crippen molar-refractivity contribution in [2.45, 2.75) is 26.3 Å². The average Bonchev–Trinajstić information content (AvgIpc) is 3.29. The van der Waals surface area contributed by atoms with E-state index in [1.807, 2.05) is 6.92 Å². The summed E-state index contributed by atoms with van der Waals surface area (Å²) >= 11 is 0.933. The van der Waals surface area contributed by atoms with Gasteiger partial charge in [-0.1, -0.05) is 0 Å². The van der Waals surface area contributed by atoms with Crippen molar-refractivity contribution >= 4 is 44.4 Å². The molecular weight excluding hydrogens is 434 g/mol. The number of benzene rings is 1. The van der Waals surface area contributed by atoms with Crippen molar-refractivity contribution in [3.8, 4) is 0 Å². The highest BCUT2D eigenvalue weighted by molar-refractivity contribution is 8.18. The van der Waals surface area contributed by atoms with Crippen molar-refractivity contribution in [2.24, 2.45) is 4.99 Å². The molecular formula is C19H18F2N4O3S2. The predicted molar refractivity (Wildman–Crippen MR) is 112 cm³/mol. The Labute approximate surface area is 176 Å². The van der Waals surface area contributed by atoms with Crippen LogP contribution < -0.4 is 5.32 Å². The fraction of sp³-hybridized carbons (Fsp3) is 0.316. The molecule has 3 heterocycles. The van der Waals surface area contributed by atoms with Crippen LogP contribution >= 0.6 is 11.8 Å². The molecule has 1 N–H and O–H groups in total. The van der Waals surface area contributed by atoms with Crippen LogP contribution in [0, 0.1) is 25.5 Å². The van der Waals surface area contributed by atoms with Crippen molar-refractivity contribution in [1.29, 1.82) is 0 Å². The van der Waals surface area contributed by atoms with E-state index in [2.05, 4.69) is 15.4 Å². The van der Waals surface area contributed by atoms with E-state index in [1.54, 1.807) is 17.7 Å². The van der Waals surface area contributed by atoms with Crippen molar-refractivity contribution < 1.29 is 22.0 Å². The Hall–Kier alpha value is -2.53. The van der Waals surface area contributed by atoms with Crippen molar-refractivity contribution in [1.82, 2.24) is 15.1 Å². The highest BCUT2D eigenvalue weighted by Gasteiger charge is 2.32. The zero-order chi connectivity index (χ0) is 21.6. The Bertz CT molecular complexity index is 1220. The third-order valence-electron chi connectivity index (χ3n) is 5.01. The van der Waals surface area contributed by atoms with Gasteiger partial charge in [0.2, 0.25) is 0 Å². The first-order valence-corrected chi connectivity index (χ1v) is 11.8. The quantitative estimate of drug-likeness (QED) is 0.767. The summed E-state index contributed by atoms with van der Waals surface area (Å²) in [6.45, 7) is 3.65. The minimum Gasteiger partial charge on any atom is -0.300 e. The molecule has 1 atom stereocenters. The number of amidine groups is 1. The van der Waals surface area contributed by atoms with Gasteiger partial charge in [-0.15, -0.1) is 0 Å². The van der Waals surface area contributed by atoms with Gasteiger partial charge in [0.25, 0.3) is 5.24 Å². The molecule has 1 aromatic heterocycles. The predicted octanol–water partition coefficient (Wildman–Crippen LogP) is 3.67. The number of sulfone groups is 1. The monoisotopic (exact) mass is 452 g/mol. The second kappa shape index (κ2) is 7.62. The number of amides is 1. The number of aryl methyl sites for hydroxylation is 1. The van der Waals surface area contributed by atoms with E-state index >= 15 is 0 Å².